The zero-order chi connectivity index (χ0) is 25.9. The Bertz CT molecular complexity index is 1440. The number of furan rings is 1. The van der Waals surface area contributed by atoms with Gasteiger partial charge in [-0.25, -0.2) is 0 Å². The van der Waals surface area contributed by atoms with Crippen molar-refractivity contribution < 1.29 is 14.0 Å². The van der Waals surface area contributed by atoms with Crippen LogP contribution in [-0.2, 0) is 0 Å². The van der Waals surface area contributed by atoms with Crippen molar-refractivity contribution in [1.29, 1.82) is 0 Å². The highest BCUT2D eigenvalue weighted by Gasteiger charge is 2.24. The minimum Gasteiger partial charge on any atom is -0.451 e. The van der Waals surface area contributed by atoms with Crippen molar-refractivity contribution in [2.75, 3.05) is 36.4 Å². The van der Waals surface area contributed by atoms with Gasteiger partial charge in [-0.05, 0) is 73.2 Å². The SMILES string of the molecule is Cc1ccccc1C(=O)N1CCN(c2ccc(NC(=O)c3ccc(-c4ccc(Cl)cc4)o3)cc2Cl)CC1. The topological polar surface area (TPSA) is 65.8 Å². The Morgan fingerprint density at radius 3 is 2.30 bits per heavy atom. The molecule has 2 heterocycles. The Balaban J connectivity index is 1.21. The fraction of sp³-hybridized carbons (Fsp3) is 0.172. The third-order valence-corrected chi connectivity index (χ3v) is 7.00. The number of aryl methyl sites for hydroxylation is 1. The second-order valence-electron chi connectivity index (χ2n) is 8.89. The number of hydrogen-bond acceptors (Lipinski definition) is 4. The number of anilines is 2. The van der Waals surface area contributed by atoms with Gasteiger partial charge in [0, 0.05) is 48.0 Å². The number of hydrogen-bond donors (Lipinski definition) is 1. The van der Waals surface area contributed by atoms with Gasteiger partial charge in [-0.1, -0.05) is 41.4 Å². The Morgan fingerprint density at radius 2 is 1.59 bits per heavy atom. The molecule has 4 aromatic rings. The molecule has 1 aliphatic rings. The highest BCUT2D eigenvalue weighted by atomic mass is 35.5. The lowest BCUT2D eigenvalue weighted by molar-refractivity contribution is 0.0746. The normalized spacial score (nSPS) is 13.5. The molecule has 0 spiro atoms. The van der Waals surface area contributed by atoms with Crippen LogP contribution >= 0.6 is 23.2 Å². The second-order valence-corrected chi connectivity index (χ2v) is 9.73. The van der Waals surface area contributed by atoms with Gasteiger partial charge >= 0.3 is 0 Å². The first-order valence-corrected chi connectivity index (χ1v) is 12.7. The van der Waals surface area contributed by atoms with E-state index in [2.05, 4.69) is 10.2 Å². The number of benzene rings is 3. The van der Waals surface area contributed by atoms with Crippen molar-refractivity contribution >= 4 is 46.4 Å². The number of carbonyl (C=O) groups excluding carboxylic acids is 2. The average Bonchev–Trinajstić information content (AvgIpc) is 3.40. The van der Waals surface area contributed by atoms with Crippen LogP contribution in [0.25, 0.3) is 11.3 Å². The predicted octanol–water partition coefficient (Wildman–Crippen LogP) is 6.78. The zero-order valence-electron chi connectivity index (χ0n) is 20.2. The van der Waals surface area contributed by atoms with E-state index in [0.717, 1.165) is 22.4 Å². The van der Waals surface area contributed by atoms with Crippen LogP contribution < -0.4 is 10.2 Å². The second kappa shape index (κ2) is 10.7. The lowest BCUT2D eigenvalue weighted by Crippen LogP contribution is -2.49. The van der Waals surface area contributed by atoms with Gasteiger partial charge in [-0.2, -0.15) is 0 Å². The third-order valence-electron chi connectivity index (χ3n) is 6.45. The molecule has 0 saturated carbocycles. The van der Waals surface area contributed by atoms with E-state index in [1.807, 2.05) is 60.4 Å². The summed E-state index contributed by atoms with van der Waals surface area (Å²) in [4.78, 5) is 29.7. The monoisotopic (exact) mass is 533 g/mol. The van der Waals surface area contributed by atoms with Gasteiger partial charge in [-0.15, -0.1) is 0 Å². The molecule has 1 saturated heterocycles. The number of amides is 2. The van der Waals surface area contributed by atoms with Gasteiger partial charge in [0.15, 0.2) is 5.76 Å². The molecule has 2 amide bonds. The maximum atomic E-state index is 12.9. The molecular formula is C29H25Cl2N3O3. The quantitative estimate of drug-likeness (QED) is 0.307. The lowest BCUT2D eigenvalue weighted by atomic mass is 10.1. The Hall–Kier alpha value is -3.74. The number of nitrogens with zero attached hydrogens (tertiary/aromatic N) is 2. The molecule has 0 atom stereocenters. The number of halogens is 2. The van der Waals surface area contributed by atoms with Crippen LogP contribution in [0.15, 0.2) is 83.3 Å². The molecule has 1 N–H and O–H groups in total. The lowest BCUT2D eigenvalue weighted by Gasteiger charge is -2.36. The van der Waals surface area contributed by atoms with Crippen LogP contribution in [0.3, 0.4) is 0 Å². The van der Waals surface area contributed by atoms with Gasteiger partial charge in [0.2, 0.25) is 0 Å². The standard InChI is InChI=1S/C29H25Cl2N3O3/c1-19-4-2-3-5-23(19)29(36)34-16-14-33(15-17-34)25-11-10-22(18-24(25)31)32-28(35)27-13-12-26(37-27)20-6-8-21(30)9-7-20/h2-13,18H,14-17H2,1H3,(H,32,35). The molecule has 0 radical (unpaired) electrons. The van der Waals surface area contributed by atoms with Crippen molar-refractivity contribution in [3.63, 3.8) is 0 Å². The van der Waals surface area contributed by atoms with Crippen molar-refractivity contribution in [2.24, 2.45) is 0 Å². The van der Waals surface area contributed by atoms with Crippen molar-refractivity contribution in [1.82, 2.24) is 4.90 Å². The van der Waals surface area contributed by atoms with Gasteiger partial charge in [0.1, 0.15) is 5.76 Å². The minimum atomic E-state index is -0.368. The molecule has 1 fully saturated rings. The Labute approximate surface area is 225 Å². The van der Waals surface area contributed by atoms with E-state index in [-0.39, 0.29) is 17.6 Å². The summed E-state index contributed by atoms with van der Waals surface area (Å²) in [6.07, 6.45) is 0. The minimum absolute atomic E-state index is 0.0547. The molecule has 0 aliphatic carbocycles. The number of nitrogens with one attached hydrogen (secondary N) is 1. The van der Waals surface area contributed by atoms with Crippen LogP contribution in [0.1, 0.15) is 26.5 Å². The van der Waals surface area contributed by atoms with E-state index in [1.54, 1.807) is 30.3 Å². The number of carbonyl (C=O) groups is 2. The van der Waals surface area contributed by atoms with E-state index < -0.39 is 0 Å². The molecular weight excluding hydrogens is 509 g/mol. The highest BCUT2D eigenvalue weighted by Crippen LogP contribution is 2.31. The van der Waals surface area contributed by atoms with E-state index in [0.29, 0.717) is 47.7 Å². The first-order chi connectivity index (χ1) is 17.9. The van der Waals surface area contributed by atoms with Crippen molar-refractivity contribution in [2.45, 2.75) is 6.92 Å². The van der Waals surface area contributed by atoms with Crippen LogP contribution in [0.2, 0.25) is 10.0 Å². The Kier molecular flexibility index (Phi) is 7.22. The van der Waals surface area contributed by atoms with E-state index in [9.17, 15) is 9.59 Å². The highest BCUT2D eigenvalue weighted by molar-refractivity contribution is 6.33. The van der Waals surface area contributed by atoms with Crippen LogP contribution in [-0.4, -0.2) is 42.9 Å². The molecule has 3 aromatic carbocycles. The predicted molar refractivity (Wildman–Crippen MR) is 148 cm³/mol. The first-order valence-electron chi connectivity index (χ1n) is 12.0. The molecule has 37 heavy (non-hydrogen) atoms. The fourth-order valence-electron chi connectivity index (χ4n) is 4.40. The molecule has 188 valence electrons. The average molecular weight is 534 g/mol. The van der Waals surface area contributed by atoms with Gasteiger partial charge in [0.05, 0.1) is 10.7 Å². The summed E-state index contributed by atoms with van der Waals surface area (Å²) in [5.41, 5.74) is 3.98. The van der Waals surface area contributed by atoms with Crippen molar-refractivity contribution in [3.05, 3.63) is 106 Å². The summed E-state index contributed by atoms with van der Waals surface area (Å²) in [6.45, 7) is 4.51. The summed E-state index contributed by atoms with van der Waals surface area (Å²) < 4.78 is 5.73. The molecule has 0 unspecified atom stereocenters. The molecule has 1 aliphatic heterocycles. The summed E-state index contributed by atoms with van der Waals surface area (Å²) in [6, 6.07) is 23.7. The summed E-state index contributed by atoms with van der Waals surface area (Å²) in [5.74, 6) is 0.459. The zero-order valence-corrected chi connectivity index (χ0v) is 21.7. The van der Waals surface area contributed by atoms with Crippen LogP contribution in [0, 0.1) is 6.92 Å². The van der Waals surface area contributed by atoms with Crippen LogP contribution in [0.5, 0.6) is 0 Å². The smallest absolute Gasteiger partial charge is 0.291 e. The van der Waals surface area contributed by atoms with E-state index >= 15 is 0 Å². The summed E-state index contributed by atoms with van der Waals surface area (Å²) in [7, 11) is 0. The number of rotatable bonds is 5. The van der Waals surface area contributed by atoms with Crippen molar-refractivity contribution in [3.8, 4) is 11.3 Å². The molecule has 1 aromatic heterocycles. The van der Waals surface area contributed by atoms with Gasteiger partial charge in [0.25, 0.3) is 11.8 Å². The van der Waals surface area contributed by atoms with E-state index in [4.69, 9.17) is 27.6 Å². The van der Waals surface area contributed by atoms with Gasteiger partial charge in [-0.3, -0.25) is 9.59 Å². The fourth-order valence-corrected chi connectivity index (χ4v) is 4.82. The van der Waals surface area contributed by atoms with Crippen LogP contribution in [0.4, 0.5) is 11.4 Å². The summed E-state index contributed by atoms with van der Waals surface area (Å²) in [5, 5.41) is 4.00. The molecule has 5 rings (SSSR count). The maximum Gasteiger partial charge on any atom is 0.291 e. The van der Waals surface area contributed by atoms with Gasteiger partial charge < -0.3 is 19.5 Å². The largest absolute Gasteiger partial charge is 0.451 e. The molecule has 0 bridgehead atoms. The maximum absolute atomic E-state index is 12.9. The number of piperazine rings is 1. The van der Waals surface area contributed by atoms with E-state index in [1.165, 1.54) is 0 Å². The first kappa shape index (κ1) is 24.9. The third kappa shape index (κ3) is 5.50. The molecule has 8 heteroatoms. The Morgan fingerprint density at radius 1 is 0.865 bits per heavy atom. The summed E-state index contributed by atoms with van der Waals surface area (Å²) >= 11 is 12.5. The molecule has 6 nitrogen and oxygen atoms in total.